The fraction of sp³-hybridized carbons (Fsp3) is 0.500. The molecule has 0 fully saturated rings. The number of carbonyl (C=O) groups is 1. The van der Waals surface area contributed by atoms with Gasteiger partial charge in [-0.3, -0.25) is 18.7 Å². The largest absolute Gasteiger partial charge is 0.466 e. The number of esters is 1. The van der Waals surface area contributed by atoms with Crippen molar-refractivity contribution in [1.82, 2.24) is 14.1 Å². The highest BCUT2D eigenvalue weighted by atomic mass is 32.1. The average Bonchev–Trinajstić information content (AvgIpc) is 2.83. The quantitative estimate of drug-likeness (QED) is 0.783. The van der Waals surface area contributed by atoms with Gasteiger partial charge in [0.2, 0.25) is 0 Å². The van der Waals surface area contributed by atoms with Crippen molar-refractivity contribution >= 4 is 32.8 Å². The molecule has 8 nitrogen and oxygen atoms in total. The van der Waals surface area contributed by atoms with E-state index in [1.54, 1.807) is 6.92 Å². The van der Waals surface area contributed by atoms with E-state index in [-0.39, 0.29) is 29.7 Å². The molecular weight excluding hydrogens is 296 g/mol. The molecule has 0 aliphatic carbocycles. The van der Waals surface area contributed by atoms with Gasteiger partial charge in [-0.25, -0.2) is 9.78 Å². The van der Waals surface area contributed by atoms with Gasteiger partial charge in [0.15, 0.2) is 10.8 Å². The first-order valence-electron chi connectivity index (χ1n) is 6.47. The molecule has 0 atom stereocenters. The molecule has 0 radical (unpaired) electrons. The van der Waals surface area contributed by atoms with Gasteiger partial charge >= 0.3 is 11.7 Å². The van der Waals surface area contributed by atoms with Gasteiger partial charge in [0.25, 0.3) is 5.56 Å². The number of thiazole rings is 1. The van der Waals surface area contributed by atoms with Crippen LogP contribution in [0.4, 0.5) is 5.13 Å². The van der Waals surface area contributed by atoms with Crippen LogP contribution in [0.25, 0.3) is 10.3 Å². The summed E-state index contributed by atoms with van der Waals surface area (Å²) >= 11 is 1.05. The number of aromatic nitrogens is 3. The molecule has 2 N–H and O–H groups in total. The lowest BCUT2D eigenvalue weighted by Gasteiger charge is -2.07. The lowest BCUT2D eigenvalue weighted by atomic mass is 10.3. The molecule has 21 heavy (non-hydrogen) atoms. The Labute approximate surface area is 123 Å². The molecule has 2 heterocycles. The third-order valence-electron chi connectivity index (χ3n) is 2.97. The smallest absolute Gasteiger partial charge is 0.332 e. The molecule has 114 valence electrons. The molecular formula is C12H16N4O4S. The van der Waals surface area contributed by atoms with E-state index in [1.807, 2.05) is 0 Å². The highest BCUT2D eigenvalue weighted by Crippen LogP contribution is 2.18. The summed E-state index contributed by atoms with van der Waals surface area (Å²) in [6.45, 7) is 2.19. The summed E-state index contributed by atoms with van der Waals surface area (Å²) in [6.07, 6.45) is 0.514. The van der Waals surface area contributed by atoms with Crippen molar-refractivity contribution in [3.63, 3.8) is 0 Å². The number of ether oxygens (including phenoxy) is 1. The average molecular weight is 312 g/mol. The van der Waals surface area contributed by atoms with Crippen molar-refractivity contribution in [2.75, 3.05) is 12.3 Å². The Hall–Kier alpha value is -2.16. The van der Waals surface area contributed by atoms with Crippen molar-refractivity contribution in [2.45, 2.75) is 26.3 Å². The maximum absolute atomic E-state index is 12.3. The van der Waals surface area contributed by atoms with E-state index in [1.165, 1.54) is 11.6 Å². The standard InChI is InChI=1S/C12H16N4O4S/c1-3-20-7(17)5-4-6-16-10(18)8-9(14-11(13)21-8)15(2)12(16)19/h3-6H2,1-2H3,(H2,13,14). The van der Waals surface area contributed by atoms with Crippen LogP contribution in [0.2, 0.25) is 0 Å². The number of hydrogen-bond donors (Lipinski definition) is 1. The predicted octanol–water partition coefficient (Wildman–Crippen LogP) is 0.0822. The minimum Gasteiger partial charge on any atom is -0.466 e. The number of fused-ring (bicyclic) bond motifs is 1. The monoisotopic (exact) mass is 312 g/mol. The molecule has 2 rings (SSSR count). The van der Waals surface area contributed by atoms with Gasteiger partial charge in [0.1, 0.15) is 4.70 Å². The summed E-state index contributed by atoms with van der Waals surface area (Å²) in [6, 6.07) is 0. The van der Waals surface area contributed by atoms with Crippen molar-refractivity contribution in [1.29, 1.82) is 0 Å². The predicted molar refractivity (Wildman–Crippen MR) is 79.4 cm³/mol. The van der Waals surface area contributed by atoms with Crippen LogP contribution in [-0.4, -0.2) is 26.7 Å². The lowest BCUT2D eigenvalue weighted by Crippen LogP contribution is -2.38. The molecule has 0 saturated heterocycles. The SMILES string of the molecule is CCOC(=O)CCCn1c(=O)c2sc(N)nc2n(C)c1=O. The first-order valence-corrected chi connectivity index (χ1v) is 7.28. The summed E-state index contributed by atoms with van der Waals surface area (Å²) in [5.74, 6) is -0.342. The van der Waals surface area contributed by atoms with Gasteiger partial charge in [0, 0.05) is 20.0 Å². The van der Waals surface area contributed by atoms with Gasteiger partial charge in [0.05, 0.1) is 6.61 Å². The van der Waals surface area contributed by atoms with E-state index in [0.29, 0.717) is 17.7 Å². The second-order valence-electron chi connectivity index (χ2n) is 4.41. The Bertz CT molecular complexity index is 789. The summed E-state index contributed by atoms with van der Waals surface area (Å²) < 4.78 is 7.52. The number of nitrogens with two attached hydrogens (primary N) is 1. The number of hydrogen-bond acceptors (Lipinski definition) is 7. The van der Waals surface area contributed by atoms with Crippen LogP contribution >= 0.6 is 11.3 Å². The maximum Gasteiger partial charge on any atom is 0.332 e. The summed E-state index contributed by atoms with van der Waals surface area (Å²) in [5, 5.41) is 0.237. The third-order valence-corrected chi connectivity index (χ3v) is 3.83. The second-order valence-corrected chi connectivity index (χ2v) is 5.44. The molecule has 0 aliphatic heterocycles. The Morgan fingerprint density at radius 3 is 2.81 bits per heavy atom. The van der Waals surface area contributed by atoms with E-state index >= 15 is 0 Å². The molecule has 0 amide bonds. The Kier molecular flexibility index (Phi) is 4.41. The van der Waals surface area contributed by atoms with E-state index in [4.69, 9.17) is 10.5 Å². The third kappa shape index (κ3) is 2.97. The van der Waals surface area contributed by atoms with Crippen molar-refractivity contribution in [3.8, 4) is 0 Å². The molecule has 0 aliphatic rings. The van der Waals surface area contributed by atoms with Crippen molar-refractivity contribution < 1.29 is 9.53 Å². The van der Waals surface area contributed by atoms with Gasteiger partial charge < -0.3 is 10.5 Å². The number of rotatable bonds is 5. The Morgan fingerprint density at radius 1 is 1.43 bits per heavy atom. The Balaban J connectivity index is 2.30. The summed E-state index contributed by atoms with van der Waals surface area (Å²) in [4.78, 5) is 39.7. The highest BCUT2D eigenvalue weighted by molar-refractivity contribution is 7.21. The fourth-order valence-electron chi connectivity index (χ4n) is 1.99. The number of nitrogens with zero attached hydrogens (tertiary/aromatic N) is 3. The molecule has 0 bridgehead atoms. The van der Waals surface area contributed by atoms with E-state index in [2.05, 4.69) is 4.98 Å². The minimum absolute atomic E-state index is 0.151. The molecule has 0 spiro atoms. The lowest BCUT2D eigenvalue weighted by molar-refractivity contribution is -0.143. The molecule has 0 unspecified atom stereocenters. The number of anilines is 1. The van der Waals surface area contributed by atoms with Crippen molar-refractivity contribution in [2.24, 2.45) is 7.05 Å². The van der Waals surface area contributed by atoms with Gasteiger partial charge in [-0.05, 0) is 13.3 Å². The molecule has 0 saturated carbocycles. The first kappa shape index (κ1) is 15.2. The van der Waals surface area contributed by atoms with Crippen LogP contribution in [0.3, 0.4) is 0 Å². The number of nitrogen functional groups attached to an aromatic ring is 1. The zero-order chi connectivity index (χ0) is 15.6. The van der Waals surface area contributed by atoms with Gasteiger partial charge in [-0.1, -0.05) is 11.3 Å². The number of carbonyl (C=O) groups excluding carboxylic acids is 1. The zero-order valence-corrected chi connectivity index (χ0v) is 12.6. The number of aryl methyl sites for hydroxylation is 1. The molecule has 9 heteroatoms. The van der Waals surface area contributed by atoms with E-state index in [0.717, 1.165) is 15.9 Å². The van der Waals surface area contributed by atoms with Crippen LogP contribution in [0, 0.1) is 0 Å². The summed E-state index contributed by atoms with van der Waals surface area (Å²) in [7, 11) is 1.53. The summed E-state index contributed by atoms with van der Waals surface area (Å²) in [5.41, 5.74) is 4.98. The van der Waals surface area contributed by atoms with Crippen molar-refractivity contribution in [3.05, 3.63) is 20.8 Å². The van der Waals surface area contributed by atoms with Gasteiger partial charge in [-0.15, -0.1) is 0 Å². The van der Waals surface area contributed by atoms with E-state index < -0.39 is 11.2 Å². The Morgan fingerprint density at radius 2 is 2.14 bits per heavy atom. The topological polar surface area (TPSA) is 109 Å². The normalized spacial score (nSPS) is 11.0. The van der Waals surface area contributed by atoms with E-state index in [9.17, 15) is 14.4 Å². The molecule has 0 aromatic carbocycles. The van der Waals surface area contributed by atoms with Crippen LogP contribution in [0.15, 0.2) is 9.59 Å². The first-order chi connectivity index (χ1) is 9.95. The van der Waals surface area contributed by atoms with Crippen LogP contribution in [-0.2, 0) is 23.1 Å². The molecule has 2 aromatic rings. The highest BCUT2D eigenvalue weighted by Gasteiger charge is 2.15. The maximum atomic E-state index is 12.3. The van der Waals surface area contributed by atoms with Gasteiger partial charge in [-0.2, -0.15) is 0 Å². The molecule has 2 aromatic heterocycles. The van der Waals surface area contributed by atoms with Crippen LogP contribution < -0.4 is 17.0 Å². The van der Waals surface area contributed by atoms with Crippen LogP contribution in [0.5, 0.6) is 0 Å². The minimum atomic E-state index is -0.471. The second kappa shape index (κ2) is 6.08. The fourth-order valence-corrected chi connectivity index (χ4v) is 2.80. The van der Waals surface area contributed by atoms with Crippen LogP contribution in [0.1, 0.15) is 19.8 Å². The zero-order valence-electron chi connectivity index (χ0n) is 11.8.